The minimum atomic E-state index is -0.297. The molecule has 33 heavy (non-hydrogen) atoms. The quantitative estimate of drug-likeness (QED) is 0.380. The summed E-state index contributed by atoms with van der Waals surface area (Å²) in [5.41, 5.74) is 5.61. The Balaban J connectivity index is 1.46. The molecule has 0 bridgehead atoms. The number of rotatable bonds is 5. The molecule has 0 N–H and O–H groups in total. The average molecular weight is 444 g/mol. The van der Waals surface area contributed by atoms with Gasteiger partial charge in [-0.15, -0.1) is 0 Å². The van der Waals surface area contributed by atoms with E-state index < -0.39 is 0 Å². The van der Waals surface area contributed by atoms with Crippen LogP contribution in [-0.2, 0) is 19.4 Å². The molecule has 0 saturated heterocycles. The first kappa shape index (κ1) is 21.4. The van der Waals surface area contributed by atoms with E-state index in [-0.39, 0.29) is 11.4 Å². The molecule has 1 aromatic heterocycles. The number of halogens is 1. The minimum Gasteiger partial charge on any atom is -0.477 e. The lowest BCUT2D eigenvalue weighted by molar-refractivity contribution is 0.0957. The molecule has 0 atom stereocenters. The molecule has 0 radical (unpaired) electrons. The Morgan fingerprint density at radius 3 is 2.55 bits per heavy atom. The molecule has 4 aromatic rings. The van der Waals surface area contributed by atoms with Gasteiger partial charge in [-0.05, 0) is 49.1 Å². The van der Waals surface area contributed by atoms with E-state index in [1.165, 1.54) is 6.07 Å². The van der Waals surface area contributed by atoms with Crippen molar-refractivity contribution in [3.8, 4) is 5.75 Å². The van der Waals surface area contributed by atoms with E-state index >= 15 is 0 Å². The molecule has 168 valence electrons. The Morgan fingerprint density at radius 1 is 1.00 bits per heavy atom. The average Bonchev–Trinajstić information content (AvgIpc) is 2.83. The molecule has 0 amide bonds. The van der Waals surface area contributed by atoms with Crippen molar-refractivity contribution in [3.05, 3.63) is 110 Å². The van der Waals surface area contributed by atoms with Crippen molar-refractivity contribution in [2.75, 3.05) is 13.3 Å². The van der Waals surface area contributed by atoms with Crippen molar-refractivity contribution in [2.24, 2.45) is 0 Å². The molecule has 5 rings (SSSR count). The molecule has 1 aliphatic rings. The van der Waals surface area contributed by atoms with Gasteiger partial charge in [0.25, 0.3) is 0 Å². The lowest BCUT2D eigenvalue weighted by Crippen LogP contribution is -2.34. The summed E-state index contributed by atoms with van der Waals surface area (Å²) in [5, 5.41) is 0.941. The summed E-state index contributed by atoms with van der Waals surface area (Å²) < 4.78 is 25.9. The summed E-state index contributed by atoms with van der Waals surface area (Å²) in [6, 6.07) is 18.9. The van der Waals surface area contributed by atoms with Gasteiger partial charge in [0.2, 0.25) is 0 Å². The van der Waals surface area contributed by atoms with Gasteiger partial charge in [-0.1, -0.05) is 48.5 Å². The van der Waals surface area contributed by atoms with Crippen LogP contribution in [0.3, 0.4) is 0 Å². The molecular weight excluding hydrogens is 417 g/mol. The van der Waals surface area contributed by atoms with E-state index in [0.717, 1.165) is 33.4 Å². The van der Waals surface area contributed by atoms with Crippen molar-refractivity contribution in [2.45, 2.75) is 33.2 Å². The lowest BCUT2D eigenvalue weighted by atomic mass is 9.96. The molecule has 0 saturated carbocycles. The van der Waals surface area contributed by atoms with Gasteiger partial charge in [-0.3, -0.25) is 4.90 Å². The smallest absolute Gasteiger partial charge is 0.340 e. The molecule has 0 fully saturated rings. The molecule has 3 aromatic carbocycles. The third-order valence-corrected chi connectivity index (χ3v) is 6.50. The first-order chi connectivity index (χ1) is 16.0. The highest BCUT2D eigenvalue weighted by atomic mass is 19.1. The predicted molar refractivity (Wildman–Crippen MR) is 127 cm³/mol. The number of nitrogens with zero attached hydrogens (tertiary/aromatic N) is 1. The monoisotopic (exact) mass is 443 g/mol. The zero-order valence-electron chi connectivity index (χ0n) is 18.9. The third kappa shape index (κ3) is 4.16. The van der Waals surface area contributed by atoms with Crippen molar-refractivity contribution >= 4 is 11.0 Å². The van der Waals surface area contributed by atoms with Crippen LogP contribution in [0.15, 0.2) is 69.9 Å². The second kappa shape index (κ2) is 8.83. The number of hydrogen-bond acceptors (Lipinski definition) is 4. The summed E-state index contributed by atoms with van der Waals surface area (Å²) in [7, 11) is 0. The van der Waals surface area contributed by atoms with Gasteiger partial charge in [0.15, 0.2) is 0 Å². The van der Waals surface area contributed by atoms with Crippen molar-refractivity contribution < 1.29 is 13.5 Å². The fourth-order valence-corrected chi connectivity index (χ4v) is 4.62. The van der Waals surface area contributed by atoms with Crippen LogP contribution in [0.25, 0.3) is 11.0 Å². The van der Waals surface area contributed by atoms with Gasteiger partial charge >= 0.3 is 5.63 Å². The van der Waals surface area contributed by atoms with Crippen molar-refractivity contribution in [1.29, 1.82) is 0 Å². The van der Waals surface area contributed by atoms with Crippen molar-refractivity contribution in [3.63, 3.8) is 0 Å². The fraction of sp³-hybridized carbons (Fsp3) is 0.250. The van der Waals surface area contributed by atoms with Crippen LogP contribution in [-0.4, -0.2) is 18.2 Å². The Bertz CT molecular complexity index is 1380. The van der Waals surface area contributed by atoms with Gasteiger partial charge in [-0.2, -0.15) is 0 Å². The Hall–Kier alpha value is -3.44. The van der Waals surface area contributed by atoms with E-state index in [1.807, 2.05) is 56.3 Å². The first-order valence-corrected chi connectivity index (χ1v) is 11.2. The van der Waals surface area contributed by atoms with Gasteiger partial charge in [0, 0.05) is 41.6 Å². The Morgan fingerprint density at radius 2 is 1.76 bits per heavy atom. The first-order valence-electron chi connectivity index (χ1n) is 11.2. The van der Waals surface area contributed by atoms with E-state index in [0.29, 0.717) is 49.4 Å². The maximum absolute atomic E-state index is 14.0. The molecule has 1 aliphatic heterocycles. The van der Waals surface area contributed by atoms with Crippen LogP contribution in [0.5, 0.6) is 5.75 Å². The zero-order chi connectivity index (χ0) is 22.9. The molecule has 4 nitrogen and oxygen atoms in total. The number of aryl methyl sites for hydroxylation is 2. The Kier molecular flexibility index (Phi) is 5.73. The van der Waals surface area contributed by atoms with Crippen LogP contribution in [0.4, 0.5) is 4.39 Å². The summed E-state index contributed by atoms with van der Waals surface area (Å²) in [6.45, 7) is 5.74. The highest BCUT2D eigenvalue weighted by Gasteiger charge is 2.24. The van der Waals surface area contributed by atoms with Gasteiger partial charge < -0.3 is 9.15 Å². The summed E-state index contributed by atoms with van der Waals surface area (Å²) >= 11 is 0. The highest BCUT2D eigenvalue weighted by molar-refractivity contribution is 5.87. The van der Waals surface area contributed by atoms with Gasteiger partial charge in [0.05, 0.1) is 0 Å². The maximum atomic E-state index is 14.0. The summed E-state index contributed by atoms with van der Waals surface area (Å²) in [5.74, 6) is 0.609. The van der Waals surface area contributed by atoms with E-state index in [9.17, 15) is 9.18 Å². The van der Waals surface area contributed by atoms with Gasteiger partial charge in [-0.25, -0.2) is 9.18 Å². The van der Waals surface area contributed by atoms with Crippen LogP contribution in [0.2, 0.25) is 0 Å². The molecule has 0 spiro atoms. The molecule has 0 unspecified atom stereocenters. The molecule has 5 heteroatoms. The predicted octanol–water partition coefficient (Wildman–Crippen LogP) is 5.53. The van der Waals surface area contributed by atoms with Crippen LogP contribution in [0.1, 0.15) is 33.4 Å². The van der Waals surface area contributed by atoms with Crippen molar-refractivity contribution in [1.82, 2.24) is 4.90 Å². The summed E-state index contributed by atoms with van der Waals surface area (Å²) in [4.78, 5) is 15.0. The Labute approximate surface area is 192 Å². The normalized spacial score (nSPS) is 13.7. The minimum absolute atomic E-state index is 0.172. The maximum Gasteiger partial charge on any atom is 0.340 e. The highest BCUT2D eigenvalue weighted by Crippen LogP contribution is 2.36. The second-order valence-electron chi connectivity index (χ2n) is 8.69. The topological polar surface area (TPSA) is 42.7 Å². The number of fused-ring (bicyclic) bond motifs is 2. The lowest BCUT2D eigenvalue weighted by Gasteiger charge is -2.30. The molecule has 2 heterocycles. The van der Waals surface area contributed by atoms with Crippen LogP contribution in [0, 0.1) is 19.7 Å². The summed E-state index contributed by atoms with van der Waals surface area (Å²) in [6.07, 6.45) is 1.15. The number of benzene rings is 3. The standard InChI is InChI=1S/C28H26FNO3/c1-18-23-15-22-16-30(13-12-21-10-6-7-11-25(21)29)17-32-26(22)19(2)27(23)33-28(31)24(18)14-20-8-4-3-5-9-20/h3-11,15H,12-14,16-17H2,1-2H3. The second-order valence-corrected chi connectivity index (χ2v) is 8.69. The third-order valence-electron chi connectivity index (χ3n) is 6.50. The number of ether oxygens (including phenoxy) is 1. The SMILES string of the molecule is Cc1c(Cc2ccccc2)c(=O)oc2c(C)c3c(cc12)CN(CCc1ccccc1F)CO3. The van der Waals surface area contributed by atoms with Crippen LogP contribution < -0.4 is 10.4 Å². The number of hydrogen-bond donors (Lipinski definition) is 0. The largest absolute Gasteiger partial charge is 0.477 e. The van der Waals surface area contributed by atoms with Crippen LogP contribution >= 0.6 is 0 Å². The molecular formula is C28H26FNO3. The van der Waals surface area contributed by atoms with E-state index in [4.69, 9.17) is 9.15 Å². The van der Waals surface area contributed by atoms with E-state index in [1.54, 1.807) is 6.07 Å². The fourth-order valence-electron chi connectivity index (χ4n) is 4.62. The molecule has 0 aliphatic carbocycles. The zero-order valence-corrected chi connectivity index (χ0v) is 18.9. The van der Waals surface area contributed by atoms with Gasteiger partial charge in [0.1, 0.15) is 23.9 Å². The van der Waals surface area contributed by atoms with E-state index in [2.05, 4.69) is 11.0 Å².